The smallest absolute Gasteiger partial charge is 0.234 e. The third kappa shape index (κ3) is 6.15. The van der Waals surface area contributed by atoms with E-state index in [1.807, 2.05) is 41.8 Å². The van der Waals surface area contributed by atoms with Crippen molar-refractivity contribution in [2.45, 2.75) is 31.6 Å². The molecule has 3 rings (SSSR count). The van der Waals surface area contributed by atoms with Crippen LogP contribution in [0.25, 0.3) is 0 Å². The molecule has 3 aromatic rings. The maximum Gasteiger partial charge on any atom is 0.234 e. The Hall–Kier alpha value is -3.20. The van der Waals surface area contributed by atoms with Crippen LogP contribution < -0.4 is 10.6 Å². The van der Waals surface area contributed by atoms with Gasteiger partial charge in [-0.3, -0.25) is 9.59 Å². The lowest BCUT2D eigenvalue weighted by Gasteiger charge is -2.09. The fourth-order valence-corrected chi connectivity index (χ4v) is 3.58. The molecule has 0 unspecified atom stereocenters. The van der Waals surface area contributed by atoms with Crippen LogP contribution in [0.4, 0.5) is 10.1 Å². The van der Waals surface area contributed by atoms with Crippen LogP contribution in [-0.2, 0) is 29.1 Å². The molecule has 156 valence electrons. The third-order valence-corrected chi connectivity index (χ3v) is 5.19. The number of halogens is 1. The molecule has 1 aromatic heterocycles. The second-order valence-electron chi connectivity index (χ2n) is 6.43. The van der Waals surface area contributed by atoms with Crippen LogP contribution >= 0.6 is 11.8 Å². The normalized spacial score (nSPS) is 10.6. The van der Waals surface area contributed by atoms with Crippen LogP contribution in [-0.4, -0.2) is 32.3 Å². The highest BCUT2D eigenvalue weighted by Gasteiger charge is 2.14. The van der Waals surface area contributed by atoms with E-state index in [0.717, 1.165) is 5.56 Å². The molecule has 0 spiro atoms. The molecule has 0 bridgehead atoms. The average Bonchev–Trinajstić information content (AvgIpc) is 3.15. The summed E-state index contributed by atoms with van der Waals surface area (Å²) >= 11 is 1.25. The predicted molar refractivity (Wildman–Crippen MR) is 113 cm³/mol. The van der Waals surface area contributed by atoms with Crippen molar-refractivity contribution in [1.29, 1.82) is 0 Å². The van der Waals surface area contributed by atoms with Gasteiger partial charge in [0, 0.05) is 12.2 Å². The summed E-state index contributed by atoms with van der Waals surface area (Å²) in [5, 5.41) is 14.4. The number of aromatic nitrogens is 3. The van der Waals surface area contributed by atoms with Crippen molar-refractivity contribution in [1.82, 2.24) is 20.1 Å². The van der Waals surface area contributed by atoms with Gasteiger partial charge in [-0.2, -0.15) is 0 Å². The monoisotopic (exact) mass is 427 g/mol. The molecule has 2 aromatic carbocycles. The molecular weight excluding hydrogens is 405 g/mol. The van der Waals surface area contributed by atoms with Crippen LogP contribution in [0.5, 0.6) is 0 Å². The van der Waals surface area contributed by atoms with Gasteiger partial charge in [-0.05, 0) is 36.8 Å². The number of rotatable bonds is 9. The van der Waals surface area contributed by atoms with Gasteiger partial charge >= 0.3 is 0 Å². The Bertz CT molecular complexity index is 992. The molecule has 2 N–H and O–H groups in total. The molecule has 0 aliphatic carbocycles. The second-order valence-corrected chi connectivity index (χ2v) is 7.37. The summed E-state index contributed by atoms with van der Waals surface area (Å²) < 4.78 is 14.8. The molecule has 30 heavy (non-hydrogen) atoms. The number of carbonyl (C=O) groups is 2. The molecule has 7 nitrogen and oxygen atoms in total. The Morgan fingerprint density at radius 1 is 1.03 bits per heavy atom. The number of hydrogen-bond donors (Lipinski definition) is 2. The van der Waals surface area contributed by atoms with E-state index in [-0.39, 0.29) is 29.9 Å². The lowest BCUT2D eigenvalue weighted by atomic mass is 10.1. The maximum absolute atomic E-state index is 12.9. The number of nitrogens with zero attached hydrogens (tertiary/aromatic N) is 3. The van der Waals surface area contributed by atoms with Gasteiger partial charge in [0.15, 0.2) is 11.0 Å². The Morgan fingerprint density at radius 3 is 2.47 bits per heavy atom. The first kappa shape index (κ1) is 21.5. The fourth-order valence-electron chi connectivity index (χ4n) is 2.76. The van der Waals surface area contributed by atoms with Crippen molar-refractivity contribution < 1.29 is 14.0 Å². The minimum atomic E-state index is -0.359. The van der Waals surface area contributed by atoms with E-state index in [0.29, 0.717) is 29.6 Å². The van der Waals surface area contributed by atoms with Gasteiger partial charge in [0.25, 0.3) is 0 Å². The molecule has 9 heteroatoms. The Labute approximate surface area is 178 Å². The first-order valence-electron chi connectivity index (χ1n) is 9.46. The van der Waals surface area contributed by atoms with E-state index in [2.05, 4.69) is 20.8 Å². The zero-order chi connectivity index (χ0) is 21.3. The van der Waals surface area contributed by atoms with Crippen molar-refractivity contribution in [2.75, 3.05) is 11.1 Å². The average molecular weight is 428 g/mol. The van der Waals surface area contributed by atoms with E-state index in [4.69, 9.17) is 0 Å². The van der Waals surface area contributed by atoms with Crippen LogP contribution in [0, 0.1) is 5.82 Å². The van der Waals surface area contributed by atoms with Gasteiger partial charge in [0.2, 0.25) is 11.8 Å². The summed E-state index contributed by atoms with van der Waals surface area (Å²) in [5.41, 5.74) is 1.47. The Morgan fingerprint density at radius 2 is 1.77 bits per heavy atom. The molecular formula is C21H22FN5O2S. The summed E-state index contributed by atoms with van der Waals surface area (Å²) in [4.78, 5) is 24.3. The Kier molecular flexibility index (Phi) is 7.56. The quantitative estimate of drug-likeness (QED) is 0.513. The SMILES string of the molecule is CCn1c(CNC(=O)Cc2ccccc2)nnc1SCC(=O)Nc1ccc(F)cc1. The highest BCUT2D eigenvalue weighted by Crippen LogP contribution is 2.18. The molecule has 2 amide bonds. The highest BCUT2D eigenvalue weighted by atomic mass is 32.2. The van der Waals surface area contributed by atoms with E-state index >= 15 is 0 Å². The summed E-state index contributed by atoms with van der Waals surface area (Å²) in [7, 11) is 0. The zero-order valence-electron chi connectivity index (χ0n) is 16.5. The van der Waals surface area contributed by atoms with Crippen LogP contribution in [0.2, 0.25) is 0 Å². The van der Waals surface area contributed by atoms with E-state index in [1.54, 1.807) is 0 Å². The summed E-state index contributed by atoms with van der Waals surface area (Å²) in [6.07, 6.45) is 0.298. The number of hydrogen-bond acceptors (Lipinski definition) is 5. The minimum absolute atomic E-state index is 0.0975. The van der Waals surface area contributed by atoms with Gasteiger partial charge in [-0.15, -0.1) is 10.2 Å². The lowest BCUT2D eigenvalue weighted by molar-refractivity contribution is -0.120. The van der Waals surface area contributed by atoms with Crippen LogP contribution in [0.3, 0.4) is 0 Å². The number of thioether (sulfide) groups is 1. The molecule has 0 aliphatic rings. The largest absolute Gasteiger partial charge is 0.349 e. The van der Waals surface area contributed by atoms with Crippen LogP contribution in [0.1, 0.15) is 18.3 Å². The topological polar surface area (TPSA) is 88.9 Å². The van der Waals surface area contributed by atoms with Crippen molar-refractivity contribution in [3.63, 3.8) is 0 Å². The molecule has 0 saturated carbocycles. The first-order chi connectivity index (χ1) is 14.5. The van der Waals surface area contributed by atoms with E-state index < -0.39 is 0 Å². The number of benzene rings is 2. The van der Waals surface area contributed by atoms with E-state index in [1.165, 1.54) is 36.0 Å². The minimum Gasteiger partial charge on any atom is -0.349 e. The van der Waals surface area contributed by atoms with Gasteiger partial charge in [0.05, 0.1) is 18.7 Å². The number of nitrogens with one attached hydrogen (secondary N) is 2. The van der Waals surface area contributed by atoms with Gasteiger partial charge in [-0.1, -0.05) is 42.1 Å². The second kappa shape index (κ2) is 10.5. The van der Waals surface area contributed by atoms with Crippen molar-refractivity contribution in [3.8, 4) is 0 Å². The van der Waals surface area contributed by atoms with Crippen molar-refractivity contribution in [2.24, 2.45) is 0 Å². The fraction of sp³-hybridized carbons (Fsp3) is 0.238. The number of carbonyl (C=O) groups excluding carboxylic acids is 2. The number of amides is 2. The Balaban J connectivity index is 1.51. The maximum atomic E-state index is 12.9. The van der Waals surface area contributed by atoms with Gasteiger partial charge < -0.3 is 15.2 Å². The standard InChI is InChI=1S/C21H22FN5O2S/c1-2-27-18(13-23-19(28)12-15-6-4-3-5-7-15)25-26-21(27)30-14-20(29)24-17-10-8-16(22)9-11-17/h3-11H,2,12-14H2,1H3,(H,23,28)(H,24,29). The van der Waals surface area contributed by atoms with Gasteiger partial charge in [-0.25, -0.2) is 4.39 Å². The molecule has 0 aliphatic heterocycles. The molecule has 0 saturated heterocycles. The van der Waals surface area contributed by atoms with Gasteiger partial charge in [0.1, 0.15) is 5.82 Å². The molecule has 0 atom stereocenters. The van der Waals surface area contributed by atoms with Crippen LogP contribution in [0.15, 0.2) is 59.8 Å². The van der Waals surface area contributed by atoms with E-state index in [9.17, 15) is 14.0 Å². The lowest BCUT2D eigenvalue weighted by Crippen LogP contribution is -2.26. The summed E-state index contributed by atoms with van der Waals surface area (Å²) in [5.74, 6) is 0.0763. The van der Waals surface area contributed by atoms with Crippen molar-refractivity contribution in [3.05, 3.63) is 71.8 Å². The van der Waals surface area contributed by atoms with Crippen molar-refractivity contribution >= 4 is 29.3 Å². The molecule has 0 fully saturated rings. The highest BCUT2D eigenvalue weighted by molar-refractivity contribution is 7.99. The summed E-state index contributed by atoms with van der Waals surface area (Å²) in [6.45, 7) is 2.81. The predicted octanol–water partition coefficient (Wildman–Crippen LogP) is 3.03. The summed E-state index contributed by atoms with van der Waals surface area (Å²) in [6, 6.07) is 15.1. The molecule has 1 heterocycles. The zero-order valence-corrected chi connectivity index (χ0v) is 17.3. The third-order valence-electron chi connectivity index (χ3n) is 4.22. The molecule has 0 radical (unpaired) electrons. The first-order valence-corrected chi connectivity index (χ1v) is 10.4. The number of anilines is 1.